The molecule has 1 aromatic rings. The van der Waals surface area contributed by atoms with Crippen molar-refractivity contribution in [2.45, 2.75) is 13.0 Å². The fourth-order valence-corrected chi connectivity index (χ4v) is 3.14. The Morgan fingerprint density at radius 2 is 1.90 bits per heavy atom. The smallest absolute Gasteiger partial charge is 0.203 e. The van der Waals surface area contributed by atoms with Gasteiger partial charge in [-0.25, -0.2) is 0 Å². The van der Waals surface area contributed by atoms with Crippen LogP contribution in [0.3, 0.4) is 0 Å². The Bertz CT molecular complexity index is 577. The summed E-state index contributed by atoms with van der Waals surface area (Å²) in [5.74, 6) is 2.09. The number of hydrogen-bond donors (Lipinski definition) is 1. The van der Waals surface area contributed by atoms with Crippen molar-refractivity contribution in [1.82, 2.24) is 15.1 Å². The van der Waals surface area contributed by atoms with E-state index in [1.54, 1.807) is 0 Å². The molecule has 0 spiro atoms. The van der Waals surface area contributed by atoms with Gasteiger partial charge in [0, 0.05) is 26.2 Å². The van der Waals surface area contributed by atoms with Crippen LogP contribution in [0.5, 0.6) is 0 Å². The normalized spacial score (nSPS) is 21.4. The van der Waals surface area contributed by atoms with E-state index < -0.39 is 0 Å². The maximum atomic E-state index is 4.71. The van der Waals surface area contributed by atoms with Crippen LogP contribution in [0.25, 0.3) is 0 Å². The lowest BCUT2D eigenvalue weighted by Gasteiger charge is -2.34. The van der Waals surface area contributed by atoms with Gasteiger partial charge in [0.2, 0.25) is 11.9 Å². The second kappa shape index (κ2) is 4.81. The van der Waals surface area contributed by atoms with E-state index in [-0.39, 0.29) is 0 Å². The summed E-state index contributed by atoms with van der Waals surface area (Å²) in [5.41, 5.74) is 2.90. The van der Waals surface area contributed by atoms with E-state index in [0.29, 0.717) is 0 Å². The standard InChI is InChI=1S/C15H19N5/c1-2-4-13-11-19(9-5-12(13)3-1)15-18-8-10-20(15)14-16-6-7-17-14/h1-4H,5-11H2,(H,16,17). The number of benzene rings is 1. The average molecular weight is 269 g/mol. The van der Waals surface area contributed by atoms with E-state index in [4.69, 9.17) is 4.99 Å². The molecule has 0 unspecified atom stereocenters. The predicted molar refractivity (Wildman–Crippen MR) is 79.9 cm³/mol. The van der Waals surface area contributed by atoms with E-state index in [9.17, 15) is 0 Å². The highest BCUT2D eigenvalue weighted by molar-refractivity contribution is 6.00. The van der Waals surface area contributed by atoms with Crippen molar-refractivity contribution in [3.8, 4) is 0 Å². The summed E-state index contributed by atoms with van der Waals surface area (Å²) >= 11 is 0. The number of rotatable bonds is 0. The molecule has 3 aliphatic rings. The molecule has 3 heterocycles. The summed E-state index contributed by atoms with van der Waals surface area (Å²) in [5, 5.41) is 3.36. The van der Waals surface area contributed by atoms with E-state index >= 15 is 0 Å². The van der Waals surface area contributed by atoms with Crippen molar-refractivity contribution in [1.29, 1.82) is 0 Å². The zero-order valence-electron chi connectivity index (χ0n) is 11.5. The lowest BCUT2D eigenvalue weighted by Crippen LogP contribution is -2.49. The predicted octanol–water partition coefficient (Wildman–Crippen LogP) is 0.675. The van der Waals surface area contributed by atoms with Crippen molar-refractivity contribution < 1.29 is 0 Å². The Balaban J connectivity index is 1.56. The molecule has 0 amide bonds. The molecular formula is C15H19N5. The van der Waals surface area contributed by atoms with Gasteiger partial charge in [-0.05, 0) is 17.5 Å². The molecule has 104 valence electrons. The number of guanidine groups is 2. The highest BCUT2D eigenvalue weighted by atomic mass is 15.5. The first kappa shape index (κ1) is 11.8. The van der Waals surface area contributed by atoms with Crippen LogP contribution >= 0.6 is 0 Å². The largest absolute Gasteiger partial charge is 0.354 e. The van der Waals surface area contributed by atoms with Gasteiger partial charge in [-0.15, -0.1) is 0 Å². The van der Waals surface area contributed by atoms with Crippen LogP contribution in [0.1, 0.15) is 11.1 Å². The maximum absolute atomic E-state index is 4.71. The third-order valence-corrected chi connectivity index (χ3v) is 4.14. The second-order valence-corrected chi connectivity index (χ2v) is 5.41. The van der Waals surface area contributed by atoms with Gasteiger partial charge in [-0.3, -0.25) is 14.9 Å². The maximum Gasteiger partial charge on any atom is 0.203 e. The molecule has 0 radical (unpaired) electrons. The van der Waals surface area contributed by atoms with E-state index in [1.807, 2.05) is 0 Å². The zero-order valence-corrected chi connectivity index (χ0v) is 11.5. The monoisotopic (exact) mass is 269 g/mol. The van der Waals surface area contributed by atoms with Crippen LogP contribution in [0.4, 0.5) is 0 Å². The number of hydrogen-bond acceptors (Lipinski definition) is 5. The Labute approximate surface area is 119 Å². The minimum Gasteiger partial charge on any atom is -0.354 e. The molecule has 20 heavy (non-hydrogen) atoms. The number of nitrogens with one attached hydrogen (secondary N) is 1. The highest BCUT2D eigenvalue weighted by Gasteiger charge is 2.29. The van der Waals surface area contributed by atoms with Crippen molar-refractivity contribution in [2.75, 3.05) is 32.7 Å². The molecule has 0 bridgehead atoms. The molecule has 1 N–H and O–H groups in total. The fraction of sp³-hybridized carbons (Fsp3) is 0.467. The summed E-state index contributed by atoms with van der Waals surface area (Å²) in [4.78, 5) is 13.9. The topological polar surface area (TPSA) is 43.2 Å². The van der Waals surface area contributed by atoms with Crippen LogP contribution in [0.15, 0.2) is 34.3 Å². The van der Waals surface area contributed by atoms with Crippen LogP contribution in [-0.2, 0) is 13.0 Å². The molecule has 5 nitrogen and oxygen atoms in total. The van der Waals surface area contributed by atoms with Gasteiger partial charge >= 0.3 is 0 Å². The lowest BCUT2D eigenvalue weighted by molar-refractivity contribution is 0.360. The van der Waals surface area contributed by atoms with Crippen molar-refractivity contribution in [3.05, 3.63) is 35.4 Å². The molecule has 1 aromatic carbocycles. The Hall–Kier alpha value is -2.04. The van der Waals surface area contributed by atoms with E-state index in [1.165, 1.54) is 11.1 Å². The van der Waals surface area contributed by atoms with Crippen molar-refractivity contribution in [2.24, 2.45) is 9.98 Å². The first-order chi connectivity index (χ1) is 9.92. The Morgan fingerprint density at radius 1 is 1.00 bits per heavy atom. The van der Waals surface area contributed by atoms with E-state index in [0.717, 1.165) is 57.6 Å². The number of fused-ring (bicyclic) bond motifs is 1. The molecule has 0 saturated heterocycles. The van der Waals surface area contributed by atoms with Gasteiger partial charge in [-0.2, -0.15) is 0 Å². The summed E-state index contributed by atoms with van der Waals surface area (Å²) in [6.07, 6.45) is 1.10. The van der Waals surface area contributed by atoms with E-state index in [2.05, 4.69) is 44.4 Å². The first-order valence-electron chi connectivity index (χ1n) is 7.34. The molecule has 0 saturated carbocycles. The van der Waals surface area contributed by atoms with Gasteiger partial charge in [0.25, 0.3) is 0 Å². The third-order valence-electron chi connectivity index (χ3n) is 4.14. The van der Waals surface area contributed by atoms with Crippen molar-refractivity contribution >= 4 is 11.9 Å². The summed E-state index contributed by atoms with van der Waals surface area (Å²) in [6, 6.07) is 8.72. The second-order valence-electron chi connectivity index (χ2n) is 5.41. The SMILES string of the molecule is c1ccc2c(c1)CCN(C1=NCCN1C1=NCCN1)C2. The minimum atomic E-state index is 0.869. The van der Waals surface area contributed by atoms with Crippen LogP contribution in [0.2, 0.25) is 0 Å². The molecule has 0 aliphatic carbocycles. The molecule has 0 aromatic heterocycles. The Morgan fingerprint density at radius 3 is 2.75 bits per heavy atom. The summed E-state index contributed by atoms with van der Waals surface area (Å²) < 4.78 is 0. The molecule has 0 fully saturated rings. The van der Waals surface area contributed by atoms with Gasteiger partial charge in [-0.1, -0.05) is 24.3 Å². The average Bonchev–Trinajstić information content (AvgIpc) is 3.17. The molecule has 3 aliphatic heterocycles. The summed E-state index contributed by atoms with van der Waals surface area (Å²) in [7, 11) is 0. The number of nitrogens with zero attached hydrogens (tertiary/aromatic N) is 4. The molecular weight excluding hydrogens is 250 g/mol. The summed E-state index contributed by atoms with van der Waals surface area (Å²) in [6.45, 7) is 5.63. The van der Waals surface area contributed by atoms with Crippen LogP contribution in [0, 0.1) is 0 Å². The number of aliphatic imine (C=N–C) groups is 2. The van der Waals surface area contributed by atoms with Crippen molar-refractivity contribution in [3.63, 3.8) is 0 Å². The molecule has 0 atom stereocenters. The molecule has 4 rings (SSSR count). The zero-order chi connectivity index (χ0) is 13.4. The quantitative estimate of drug-likeness (QED) is 0.753. The third kappa shape index (κ3) is 1.94. The fourth-order valence-electron chi connectivity index (χ4n) is 3.14. The van der Waals surface area contributed by atoms with Crippen LogP contribution < -0.4 is 5.32 Å². The lowest BCUT2D eigenvalue weighted by atomic mass is 10.0. The van der Waals surface area contributed by atoms with Gasteiger partial charge < -0.3 is 10.2 Å². The van der Waals surface area contributed by atoms with Gasteiger partial charge in [0.15, 0.2) is 0 Å². The van der Waals surface area contributed by atoms with Gasteiger partial charge in [0.1, 0.15) is 0 Å². The minimum absolute atomic E-state index is 0.869. The first-order valence-corrected chi connectivity index (χ1v) is 7.34. The van der Waals surface area contributed by atoms with Gasteiger partial charge in [0.05, 0.1) is 13.1 Å². The van der Waals surface area contributed by atoms with Crippen LogP contribution in [-0.4, -0.2) is 54.4 Å². The molecule has 5 heteroatoms. The highest BCUT2D eigenvalue weighted by Crippen LogP contribution is 2.21. The Kier molecular flexibility index (Phi) is 2.83.